The van der Waals surface area contributed by atoms with Crippen molar-refractivity contribution in [2.75, 3.05) is 32.1 Å². The molecule has 5 heteroatoms. The lowest BCUT2D eigenvalue weighted by molar-refractivity contribution is 0.0973. The van der Waals surface area contributed by atoms with Crippen molar-refractivity contribution < 1.29 is 9.26 Å². The number of piperidine rings is 3. The number of anilines is 1. The minimum absolute atomic E-state index is 0.493. The molecule has 0 aliphatic carbocycles. The molecule has 4 heterocycles. The number of aromatic nitrogens is 1. The highest BCUT2D eigenvalue weighted by molar-refractivity contribution is 5.89. The molecule has 3 aliphatic heterocycles. The molecule has 0 saturated carbocycles. The molecule has 1 aromatic heterocycles. The van der Waals surface area contributed by atoms with Gasteiger partial charge in [0, 0.05) is 18.7 Å². The number of nitrogens with zero attached hydrogens (tertiary/aromatic N) is 2. The maximum atomic E-state index is 5.41. The monoisotopic (exact) mass is 273 g/mol. The van der Waals surface area contributed by atoms with Crippen LogP contribution in [0.3, 0.4) is 0 Å². The number of fused-ring (bicyclic) bond motifs is 4. The van der Waals surface area contributed by atoms with Gasteiger partial charge < -0.3 is 19.5 Å². The van der Waals surface area contributed by atoms with E-state index in [1.54, 1.807) is 7.11 Å². The van der Waals surface area contributed by atoms with Crippen molar-refractivity contribution in [2.24, 2.45) is 5.92 Å². The lowest BCUT2D eigenvalue weighted by atomic mass is 9.84. The highest BCUT2D eigenvalue weighted by atomic mass is 16.5. The number of methoxy groups -OCH3 is 1. The molecule has 3 fully saturated rings. The van der Waals surface area contributed by atoms with Gasteiger partial charge >= 0.3 is 0 Å². The Balaban J connectivity index is 1.59. The van der Waals surface area contributed by atoms with Crippen LogP contribution >= 0.6 is 0 Å². The molecule has 106 valence electrons. The van der Waals surface area contributed by atoms with Crippen LogP contribution < -0.4 is 10.1 Å². The second kappa shape index (κ2) is 4.66. The first kappa shape index (κ1) is 12.0. The van der Waals surface area contributed by atoms with Gasteiger partial charge in [0.05, 0.1) is 12.5 Å². The van der Waals surface area contributed by atoms with Gasteiger partial charge in [-0.25, -0.2) is 0 Å². The Bertz CT molecular complexity index is 617. The van der Waals surface area contributed by atoms with E-state index in [1.807, 2.05) is 18.2 Å². The van der Waals surface area contributed by atoms with Crippen molar-refractivity contribution in [1.29, 1.82) is 0 Å². The van der Waals surface area contributed by atoms with Crippen molar-refractivity contribution in [3.05, 3.63) is 18.2 Å². The van der Waals surface area contributed by atoms with Gasteiger partial charge in [0.25, 0.3) is 0 Å². The van der Waals surface area contributed by atoms with Crippen molar-refractivity contribution in [2.45, 2.75) is 18.9 Å². The summed E-state index contributed by atoms with van der Waals surface area (Å²) in [6.07, 6.45) is 2.59. The molecule has 0 spiro atoms. The maximum Gasteiger partial charge on any atom is 0.177 e. The van der Waals surface area contributed by atoms with Gasteiger partial charge in [-0.1, -0.05) is 5.16 Å². The van der Waals surface area contributed by atoms with Crippen molar-refractivity contribution in [3.63, 3.8) is 0 Å². The van der Waals surface area contributed by atoms with Gasteiger partial charge in [-0.05, 0) is 44.0 Å². The number of hydrogen-bond acceptors (Lipinski definition) is 5. The van der Waals surface area contributed by atoms with E-state index in [4.69, 9.17) is 9.26 Å². The molecule has 1 aromatic carbocycles. The van der Waals surface area contributed by atoms with Crippen molar-refractivity contribution in [3.8, 4) is 5.75 Å². The average Bonchev–Trinajstić information content (AvgIpc) is 2.91. The zero-order chi connectivity index (χ0) is 13.5. The van der Waals surface area contributed by atoms with Gasteiger partial charge in [0.1, 0.15) is 5.75 Å². The summed E-state index contributed by atoms with van der Waals surface area (Å²) in [6.45, 7) is 3.62. The fraction of sp³-hybridized carbons (Fsp3) is 0.533. The van der Waals surface area contributed by atoms with Crippen LogP contribution in [0.5, 0.6) is 5.75 Å². The lowest BCUT2D eigenvalue weighted by Crippen LogP contribution is -2.53. The highest BCUT2D eigenvalue weighted by Gasteiger charge is 2.34. The molecular formula is C15H19N3O2. The maximum absolute atomic E-state index is 5.41. The third-order valence-corrected chi connectivity index (χ3v) is 4.66. The van der Waals surface area contributed by atoms with Crippen LogP contribution in [-0.4, -0.2) is 42.8 Å². The molecule has 3 aliphatic rings. The second-order valence-electron chi connectivity index (χ2n) is 5.78. The Morgan fingerprint density at radius 2 is 2.20 bits per heavy atom. The van der Waals surface area contributed by atoms with Crippen molar-refractivity contribution >= 4 is 16.8 Å². The van der Waals surface area contributed by atoms with E-state index in [0.29, 0.717) is 6.04 Å². The van der Waals surface area contributed by atoms with Gasteiger partial charge in [-0.15, -0.1) is 0 Å². The highest BCUT2D eigenvalue weighted by Crippen LogP contribution is 2.32. The Morgan fingerprint density at radius 3 is 2.90 bits per heavy atom. The summed E-state index contributed by atoms with van der Waals surface area (Å²) in [5.41, 5.74) is 0.771. The quantitative estimate of drug-likeness (QED) is 0.930. The van der Waals surface area contributed by atoms with E-state index in [9.17, 15) is 0 Å². The van der Waals surface area contributed by atoms with Crippen LogP contribution in [0.25, 0.3) is 11.0 Å². The van der Waals surface area contributed by atoms with E-state index >= 15 is 0 Å². The lowest BCUT2D eigenvalue weighted by Gasteiger charge is -2.44. The summed E-state index contributed by atoms with van der Waals surface area (Å²) in [6, 6.07) is 6.33. The smallest absolute Gasteiger partial charge is 0.177 e. The SMILES string of the molecule is COc1ccc2c(N[C@@H]3CN4CCC3CC4)noc2c1. The van der Waals surface area contributed by atoms with Crippen LogP contribution in [0.15, 0.2) is 22.7 Å². The molecule has 5 nitrogen and oxygen atoms in total. The zero-order valence-electron chi connectivity index (χ0n) is 11.6. The topological polar surface area (TPSA) is 50.5 Å². The summed E-state index contributed by atoms with van der Waals surface area (Å²) in [4.78, 5) is 2.53. The number of hydrogen-bond donors (Lipinski definition) is 1. The van der Waals surface area contributed by atoms with E-state index in [1.165, 1.54) is 25.9 Å². The first-order chi connectivity index (χ1) is 9.83. The first-order valence-corrected chi connectivity index (χ1v) is 7.26. The molecule has 5 rings (SSSR count). The molecule has 3 saturated heterocycles. The predicted octanol–water partition coefficient (Wildman–Crippen LogP) is 2.34. The number of ether oxygens (including phenoxy) is 1. The second-order valence-corrected chi connectivity index (χ2v) is 5.78. The average molecular weight is 273 g/mol. The minimum atomic E-state index is 0.493. The summed E-state index contributed by atoms with van der Waals surface area (Å²) in [5, 5.41) is 8.80. The Kier molecular flexibility index (Phi) is 2.80. The summed E-state index contributed by atoms with van der Waals surface area (Å²) < 4.78 is 10.6. The zero-order valence-corrected chi connectivity index (χ0v) is 11.6. The third-order valence-electron chi connectivity index (χ3n) is 4.66. The summed E-state index contributed by atoms with van der Waals surface area (Å²) >= 11 is 0. The third kappa shape index (κ3) is 1.93. The Morgan fingerprint density at radius 1 is 1.35 bits per heavy atom. The molecule has 1 atom stereocenters. The molecular weight excluding hydrogens is 254 g/mol. The van der Waals surface area contributed by atoms with E-state index in [-0.39, 0.29) is 0 Å². The number of benzene rings is 1. The van der Waals surface area contributed by atoms with Crippen LogP contribution in [0.4, 0.5) is 5.82 Å². The molecule has 0 unspecified atom stereocenters. The largest absolute Gasteiger partial charge is 0.497 e. The molecule has 2 bridgehead atoms. The van der Waals surface area contributed by atoms with E-state index in [2.05, 4.69) is 15.4 Å². The van der Waals surface area contributed by atoms with Crippen LogP contribution in [0.2, 0.25) is 0 Å². The standard InChI is InChI=1S/C15H19N3O2/c1-19-11-2-3-12-14(8-11)20-17-15(12)16-13-9-18-6-4-10(13)5-7-18/h2-3,8,10,13H,4-7,9H2,1H3,(H,16,17)/t13-/m1/s1. The number of rotatable bonds is 3. The number of nitrogens with one attached hydrogen (secondary N) is 1. The summed E-state index contributed by atoms with van der Waals surface area (Å²) in [5.74, 6) is 2.43. The Labute approximate surface area is 117 Å². The first-order valence-electron chi connectivity index (χ1n) is 7.26. The molecule has 1 N–H and O–H groups in total. The van der Waals surface area contributed by atoms with Crippen LogP contribution in [-0.2, 0) is 0 Å². The van der Waals surface area contributed by atoms with Gasteiger partial charge in [-0.3, -0.25) is 0 Å². The van der Waals surface area contributed by atoms with Crippen molar-refractivity contribution in [1.82, 2.24) is 10.1 Å². The predicted molar refractivity (Wildman–Crippen MR) is 77.1 cm³/mol. The molecule has 0 amide bonds. The Hall–Kier alpha value is -1.75. The van der Waals surface area contributed by atoms with Gasteiger partial charge in [-0.2, -0.15) is 0 Å². The van der Waals surface area contributed by atoms with Crippen LogP contribution in [0.1, 0.15) is 12.8 Å². The fourth-order valence-electron chi connectivity index (χ4n) is 3.45. The van der Waals surface area contributed by atoms with E-state index in [0.717, 1.165) is 35.0 Å². The minimum Gasteiger partial charge on any atom is -0.497 e. The van der Waals surface area contributed by atoms with Gasteiger partial charge in [0.15, 0.2) is 11.4 Å². The molecule has 0 radical (unpaired) electrons. The summed E-state index contributed by atoms with van der Waals surface area (Å²) in [7, 11) is 1.66. The molecule has 20 heavy (non-hydrogen) atoms. The van der Waals surface area contributed by atoms with Gasteiger partial charge in [0.2, 0.25) is 0 Å². The fourth-order valence-corrected chi connectivity index (χ4v) is 3.45. The van der Waals surface area contributed by atoms with Crippen LogP contribution in [0, 0.1) is 5.92 Å². The normalized spacial score (nSPS) is 28.8. The molecule has 2 aromatic rings. The van der Waals surface area contributed by atoms with E-state index < -0.39 is 0 Å².